The van der Waals surface area contributed by atoms with Gasteiger partial charge in [0.05, 0.1) is 43.2 Å². The Morgan fingerprint density at radius 3 is 2.60 bits per heavy atom. The van der Waals surface area contributed by atoms with Crippen molar-refractivity contribution in [3.8, 4) is 11.6 Å². The third-order valence-corrected chi connectivity index (χ3v) is 14.6. The number of hydrogen-bond donors (Lipinski definition) is 3. The summed E-state index contributed by atoms with van der Waals surface area (Å²) in [6.07, 6.45) is 8.06. The number of methoxy groups -OCH3 is 1. The Morgan fingerprint density at radius 2 is 1.89 bits per heavy atom. The Hall–Kier alpha value is -4.51. The number of carbonyl (C=O) groups is 4. The molecule has 0 radical (unpaired) electrons. The number of ether oxygens (including phenoxy) is 3. The van der Waals surface area contributed by atoms with E-state index in [1.165, 1.54) is 30.3 Å². The predicted molar refractivity (Wildman–Crippen MR) is 207 cm³/mol. The third kappa shape index (κ3) is 8.27. The molecular weight excluding hydrogens is 760 g/mol. The maximum absolute atomic E-state index is 15.0. The zero-order valence-corrected chi connectivity index (χ0v) is 33.7. The molecule has 4 heterocycles. The standard InChI is InChI=1S/C40H53FN6O9S/c1-5-25-18-24(2)8-6-7-9-26-21-40(26,37(50)45-57(52,53)39(3)12-13-39)44-34(48)31-20-28(56-35-30-19-27(41)10-11-29(30)32(54-4)22-42-35)23-47(31)36(49)33(25)43-38(51)46-14-16-55-17-15-46/h7,9-11,19,22,24-26,28,31,33H,5-6,8,12-18,20-21,23H2,1-4H3,(H,43,51)(H,44,48)(H,45,50)/t24-,25-,26-,28-,31+,33+,40-/m1/s1. The summed E-state index contributed by atoms with van der Waals surface area (Å²) < 4.78 is 59.5. The van der Waals surface area contributed by atoms with E-state index in [9.17, 15) is 27.2 Å². The summed E-state index contributed by atoms with van der Waals surface area (Å²) in [4.78, 5) is 64.7. The molecule has 3 N–H and O–H groups in total. The van der Waals surface area contributed by atoms with Gasteiger partial charge in [-0.2, -0.15) is 0 Å². The van der Waals surface area contributed by atoms with Gasteiger partial charge in [-0.25, -0.2) is 22.6 Å². The Balaban J connectivity index is 1.24. The molecule has 1 aromatic carbocycles. The molecular formula is C40H53FN6O9S. The van der Waals surface area contributed by atoms with Crippen LogP contribution < -0.4 is 24.8 Å². The fourth-order valence-corrected chi connectivity index (χ4v) is 9.70. The molecule has 5 aliphatic rings. The molecule has 310 valence electrons. The van der Waals surface area contributed by atoms with Crippen LogP contribution in [0.3, 0.4) is 0 Å². The highest BCUT2D eigenvalue weighted by atomic mass is 32.2. The summed E-state index contributed by atoms with van der Waals surface area (Å²) in [7, 11) is -2.55. The van der Waals surface area contributed by atoms with Crippen molar-refractivity contribution in [1.29, 1.82) is 0 Å². The smallest absolute Gasteiger partial charge is 0.318 e. The van der Waals surface area contributed by atoms with E-state index in [-0.39, 0.29) is 37.1 Å². The second-order valence-electron chi connectivity index (χ2n) is 16.5. The van der Waals surface area contributed by atoms with Crippen LogP contribution in [0, 0.1) is 23.6 Å². The van der Waals surface area contributed by atoms with Crippen LogP contribution in [0.25, 0.3) is 10.8 Å². The highest BCUT2D eigenvalue weighted by Crippen LogP contribution is 2.48. The number of aromatic nitrogens is 1. The molecule has 2 aromatic rings. The SMILES string of the molecule is CC[C@@H]1C[C@H](C)CCC=C[C@@H]2C[C@@]2(C(=O)NS(=O)(=O)C2(C)CC2)NC(=O)[C@@H]2C[C@@H](Oc3ncc(OC)c4ccc(F)cc34)CN2C(=O)[C@H]1NC(=O)N1CCOCC1. The first kappa shape index (κ1) is 40.7. The van der Waals surface area contributed by atoms with E-state index < -0.39 is 74.0 Å². The maximum Gasteiger partial charge on any atom is 0.318 e. The number of rotatable bonds is 8. The van der Waals surface area contributed by atoms with Crippen LogP contribution in [0.15, 0.2) is 36.5 Å². The number of benzene rings is 1. The normalized spacial score (nSPS) is 30.3. The maximum atomic E-state index is 15.0. The number of pyridine rings is 1. The van der Waals surface area contributed by atoms with Crippen LogP contribution in [0.4, 0.5) is 9.18 Å². The predicted octanol–water partition coefficient (Wildman–Crippen LogP) is 3.42. The molecule has 4 fully saturated rings. The second-order valence-corrected chi connectivity index (χ2v) is 18.7. The van der Waals surface area contributed by atoms with E-state index in [4.69, 9.17) is 14.2 Å². The van der Waals surface area contributed by atoms with Gasteiger partial charge in [0.15, 0.2) is 0 Å². The first-order valence-electron chi connectivity index (χ1n) is 20.0. The number of morpholine rings is 1. The number of hydrogen-bond acceptors (Lipinski definition) is 10. The third-order valence-electron chi connectivity index (χ3n) is 12.5. The molecule has 0 spiro atoms. The largest absolute Gasteiger partial charge is 0.494 e. The summed E-state index contributed by atoms with van der Waals surface area (Å²) >= 11 is 0. The van der Waals surface area contributed by atoms with Gasteiger partial charge in [0, 0.05) is 30.8 Å². The minimum absolute atomic E-state index is 0.0337. The number of nitrogens with zero attached hydrogens (tertiary/aromatic N) is 3. The molecule has 3 aliphatic heterocycles. The average molecular weight is 813 g/mol. The number of allylic oxidation sites excluding steroid dienone is 1. The summed E-state index contributed by atoms with van der Waals surface area (Å²) in [5, 5.41) is 6.81. The lowest BCUT2D eigenvalue weighted by Gasteiger charge is -2.36. The van der Waals surface area contributed by atoms with Crippen molar-refractivity contribution in [3.05, 3.63) is 42.4 Å². The van der Waals surface area contributed by atoms with Gasteiger partial charge in [-0.3, -0.25) is 19.1 Å². The molecule has 7 rings (SSSR count). The van der Waals surface area contributed by atoms with Gasteiger partial charge in [-0.15, -0.1) is 0 Å². The minimum Gasteiger partial charge on any atom is -0.494 e. The van der Waals surface area contributed by atoms with E-state index in [1.807, 2.05) is 19.1 Å². The van der Waals surface area contributed by atoms with Gasteiger partial charge in [-0.1, -0.05) is 32.4 Å². The van der Waals surface area contributed by atoms with Crippen molar-refractivity contribution < 1.29 is 46.2 Å². The number of sulfonamides is 1. The van der Waals surface area contributed by atoms with Gasteiger partial charge in [-0.05, 0) is 75.5 Å². The van der Waals surface area contributed by atoms with Crippen LogP contribution in [-0.2, 0) is 29.1 Å². The molecule has 0 bridgehead atoms. The highest BCUT2D eigenvalue weighted by molar-refractivity contribution is 7.91. The molecule has 17 heteroatoms. The number of carbonyl (C=O) groups excluding carboxylic acids is 4. The van der Waals surface area contributed by atoms with Gasteiger partial charge < -0.3 is 34.6 Å². The van der Waals surface area contributed by atoms with Gasteiger partial charge in [0.25, 0.3) is 5.91 Å². The van der Waals surface area contributed by atoms with E-state index in [0.717, 1.165) is 6.42 Å². The van der Waals surface area contributed by atoms with Crippen molar-refractivity contribution in [2.75, 3.05) is 40.0 Å². The fraction of sp³-hybridized carbons (Fsp3) is 0.625. The van der Waals surface area contributed by atoms with E-state index in [0.29, 0.717) is 74.9 Å². The number of halogens is 1. The topological polar surface area (TPSA) is 186 Å². The highest BCUT2D eigenvalue weighted by Gasteiger charge is 2.63. The molecule has 57 heavy (non-hydrogen) atoms. The van der Waals surface area contributed by atoms with Crippen molar-refractivity contribution >= 4 is 44.5 Å². The number of amides is 5. The molecule has 7 atom stereocenters. The Bertz CT molecular complexity index is 2040. The van der Waals surface area contributed by atoms with Crippen molar-refractivity contribution in [1.82, 2.24) is 30.1 Å². The van der Waals surface area contributed by atoms with Gasteiger partial charge in [0.2, 0.25) is 27.7 Å². The zero-order valence-electron chi connectivity index (χ0n) is 32.9. The second kappa shape index (κ2) is 16.0. The molecule has 0 unspecified atom stereocenters. The number of urea groups is 1. The Morgan fingerprint density at radius 1 is 1.14 bits per heavy atom. The lowest BCUT2D eigenvalue weighted by Crippen LogP contribution is -2.60. The van der Waals surface area contributed by atoms with Crippen molar-refractivity contribution in [3.63, 3.8) is 0 Å². The fourth-order valence-electron chi connectivity index (χ4n) is 8.39. The first-order chi connectivity index (χ1) is 27.2. The minimum atomic E-state index is -4.02. The molecule has 2 aliphatic carbocycles. The molecule has 5 amide bonds. The molecule has 1 aromatic heterocycles. The zero-order chi connectivity index (χ0) is 40.7. The summed E-state index contributed by atoms with van der Waals surface area (Å²) in [6, 6.07) is 1.52. The van der Waals surface area contributed by atoms with Crippen molar-refractivity contribution in [2.45, 2.75) is 101 Å². The Labute approximate surface area is 332 Å². The first-order valence-corrected chi connectivity index (χ1v) is 21.4. The number of fused-ring (bicyclic) bond motifs is 3. The molecule has 2 saturated carbocycles. The van der Waals surface area contributed by atoms with Crippen molar-refractivity contribution in [2.24, 2.45) is 17.8 Å². The quantitative estimate of drug-likeness (QED) is 0.334. The van der Waals surface area contributed by atoms with E-state index in [1.54, 1.807) is 17.9 Å². The summed E-state index contributed by atoms with van der Waals surface area (Å²) in [5.74, 6) is -2.63. The van der Waals surface area contributed by atoms with Gasteiger partial charge >= 0.3 is 6.03 Å². The van der Waals surface area contributed by atoms with Crippen LogP contribution in [0.2, 0.25) is 0 Å². The van der Waals surface area contributed by atoms with Crippen LogP contribution in [-0.4, -0.2) is 115 Å². The lowest BCUT2D eigenvalue weighted by molar-refractivity contribution is -0.142. The molecule has 2 saturated heterocycles. The average Bonchev–Trinajstić information content (AvgIpc) is 4.07. The van der Waals surface area contributed by atoms with E-state index >= 15 is 4.79 Å². The number of nitrogens with one attached hydrogen (secondary N) is 3. The lowest BCUT2D eigenvalue weighted by atomic mass is 9.85. The monoisotopic (exact) mass is 812 g/mol. The Kier molecular flexibility index (Phi) is 11.4. The summed E-state index contributed by atoms with van der Waals surface area (Å²) in [5.41, 5.74) is -1.56. The van der Waals surface area contributed by atoms with E-state index in [2.05, 4.69) is 27.3 Å². The summed E-state index contributed by atoms with van der Waals surface area (Å²) in [6.45, 7) is 7.02. The van der Waals surface area contributed by atoms with Gasteiger partial charge in [0.1, 0.15) is 35.3 Å². The van der Waals surface area contributed by atoms with Crippen LogP contribution in [0.1, 0.15) is 72.1 Å². The van der Waals surface area contributed by atoms with Crippen LogP contribution >= 0.6 is 0 Å². The molecule has 15 nitrogen and oxygen atoms in total. The van der Waals surface area contributed by atoms with Crippen LogP contribution in [0.5, 0.6) is 11.6 Å².